The smallest absolute Gasteiger partial charge is 0.303 e. The van der Waals surface area contributed by atoms with Crippen LogP contribution in [0.5, 0.6) is 0 Å². The van der Waals surface area contributed by atoms with Crippen LogP contribution in [-0.2, 0) is 4.79 Å². The predicted octanol–water partition coefficient (Wildman–Crippen LogP) is 3.02. The van der Waals surface area contributed by atoms with Crippen LogP contribution in [0.3, 0.4) is 0 Å². The number of aromatic amines is 1. The van der Waals surface area contributed by atoms with E-state index >= 15 is 0 Å². The molecular formula is C20H22N4O3. The molecule has 1 aliphatic carbocycles. The Morgan fingerprint density at radius 3 is 2.59 bits per heavy atom. The lowest BCUT2D eigenvalue weighted by Gasteiger charge is -2.28. The first-order valence-corrected chi connectivity index (χ1v) is 9.19. The Morgan fingerprint density at radius 2 is 1.93 bits per heavy atom. The minimum atomic E-state index is -0.699. The number of rotatable bonds is 4. The number of nitrogens with two attached hydrogens (primary N) is 1. The lowest BCUT2D eigenvalue weighted by Crippen LogP contribution is -2.16. The van der Waals surface area contributed by atoms with Crippen molar-refractivity contribution in [3.63, 3.8) is 0 Å². The molecule has 0 atom stereocenters. The highest BCUT2D eigenvalue weighted by atomic mass is 16.4. The van der Waals surface area contributed by atoms with Crippen molar-refractivity contribution in [3.8, 4) is 11.1 Å². The minimum Gasteiger partial charge on any atom is -0.481 e. The molecule has 0 aliphatic heterocycles. The maximum atomic E-state index is 11.5. The maximum absolute atomic E-state index is 11.5. The number of carbonyl (C=O) groups is 1. The minimum absolute atomic E-state index is 0.236. The number of nitrogen functional groups attached to an aromatic ring is 1. The van der Waals surface area contributed by atoms with Crippen LogP contribution in [0.4, 0.5) is 5.82 Å². The molecule has 1 aliphatic rings. The summed E-state index contributed by atoms with van der Waals surface area (Å²) in [7, 11) is 0. The Hall–Kier alpha value is -3.09. The first-order chi connectivity index (χ1) is 13.0. The topological polar surface area (TPSA) is 113 Å². The van der Waals surface area contributed by atoms with Crippen molar-refractivity contribution in [2.24, 2.45) is 5.92 Å². The fourth-order valence-corrected chi connectivity index (χ4v) is 4.08. The largest absolute Gasteiger partial charge is 0.481 e. The molecule has 27 heavy (non-hydrogen) atoms. The number of aromatic nitrogens is 3. The van der Waals surface area contributed by atoms with Crippen molar-refractivity contribution in [3.05, 3.63) is 52.4 Å². The van der Waals surface area contributed by atoms with Crippen molar-refractivity contribution >= 4 is 17.4 Å². The third-order valence-electron chi connectivity index (χ3n) is 5.56. The van der Waals surface area contributed by atoms with E-state index in [1.165, 1.54) is 16.1 Å². The average Bonchev–Trinajstić information content (AvgIpc) is 3.04. The molecular weight excluding hydrogens is 344 g/mol. The van der Waals surface area contributed by atoms with E-state index in [2.05, 4.69) is 22.2 Å². The van der Waals surface area contributed by atoms with Gasteiger partial charge in [-0.2, -0.15) is 0 Å². The van der Waals surface area contributed by atoms with Crippen LogP contribution in [0.25, 0.3) is 16.8 Å². The zero-order chi connectivity index (χ0) is 19.0. The average molecular weight is 366 g/mol. The summed E-state index contributed by atoms with van der Waals surface area (Å²) in [6.45, 7) is 0. The molecule has 4 rings (SSSR count). The van der Waals surface area contributed by atoms with Gasteiger partial charge in [0.2, 0.25) is 0 Å². The summed E-state index contributed by atoms with van der Waals surface area (Å²) >= 11 is 0. The van der Waals surface area contributed by atoms with Gasteiger partial charge in [-0.25, -0.2) is 9.50 Å². The Kier molecular flexibility index (Phi) is 4.43. The van der Waals surface area contributed by atoms with Crippen molar-refractivity contribution in [2.45, 2.75) is 38.0 Å². The zero-order valence-electron chi connectivity index (χ0n) is 14.9. The molecule has 0 bridgehead atoms. The fraction of sp³-hybridized carbons (Fsp3) is 0.350. The molecule has 0 amide bonds. The van der Waals surface area contributed by atoms with Gasteiger partial charge in [0.15, 0.2) is 5.65 Å². The molecule has 140 valence electrons. The van der Waals surface area contributed by atoms with Crippen LogP contribution in [0.2, 0.25) is 0 Å². The Labute approximate surface area is 155 Å². The first-order valence-electron chi connectivity index (χ1n) is 9.19. The lowest BCUT2D eigenvalue weighted by molar-refractivity contribution is -0.138. The molecule has 2 heterocycles. The van der Waals surface area contributed by atoms with Gasteiger partial charge in [0, 0.05) is 24.2 Å². The SMILES string of the molecule is Nc1c(-c2ccc(C3CCC(CC(=O)O)CC3)cc2)cnc2cc(=O)[nH]n12. The highest BCUT2D eigenvalue weighted by Gasteiger charge is 2.24. The van der Waals surface area contributed by atoms with Crippen LogP contribution in [0.15, 0.2) is 41.3 Å². The number of anilines is 1. The number of carboxylic acids is 1. The molecule has 0 unspecified atom stereocenters. The van der Waals surface area contributed by atoms with Crippen LogP contribution < -0.4 is 11.3 Å². The molecule has 7 heteroatoms. The molecule has 2 aromatic heterocycles. The number of fused-ring (bicyclic) bond motifs is 1. The van der Waals surface area contributed by atoms with E-state index in [0.29, 0.717) is 23.3 Å². The van der Waals surface area contributed by atoms with E-state index in [9.17, 15) is 9.59 Å². The van der Waals surface area contributed by atoms with Gasteiger partial charge < -0.3 is 10.8 Å². The van der Waals surface area contributed by atoms with Gasteiger partial charge in [-0.1, -0.05) is 24.3 Å². The van der Waals surface area contributed by atoms with Gasteiger partial charge in [0.1, 0.15) is 5.82 Å². The van der Waals surface area contributed by atoms with Crippen molar-refractivity contribution in [1.29, 1.82) is 0 Å². The Balaban J connectivity index is 1.52. The molecule has 0 spiro atoms. The zero-order valence-corrected chi connectivity index (χ0v) is 14.9. The normalized spacial score (nSPS) is 20.0. The number of nitrogens with one attached hydrogen (secondary N) is 1. The number of carboxylic acid groups (broad SMARTS) is 1. The number of nitrogens with zero attached hydrogens (tertiary/aromatic N) is 2. The summed E-state index contributed by atoms with van der Waals surface area (Å²) in [6, 6.07) is 9.68. The first kappa shape index (κ1) is 17.3. The molecule has 1 fully saturated rings. The summed E-state index contributed by atoms with van der Waals surface area (Å²) in [5.41, 5.74) is 9.45. The van der Waals surface area contributed by atoms with E-state index in [0.717, 1.165) is 36.8 Å². The van der Waals surface area contributed by atoms with E-state index in [1.807, 2.05) is 12.1 Å². The molecule has 0 radical (unpaired) electrons. The fourth-order valence-electron chi connectivity index (χ4n) is 4.08. The number of benzene rings is 1. The van der Waals surface area contributed by atoms with Crippen molar-refractivity contribution in [1.82, 2.24) is 14.6 Å². The van der Waals surface area contributed by atoms with Gasteiger partial charge in [0.05, 0.1) is 0 Å². The number of H-pyrrole nitrogens is 1. The molecule has 0 saturated heterocycles. The molecule has 1 saturated carbocycles. The summed E-state index contributed by atoms with van der Waals surface area (Å²) < 4.78 is 1.50. The number of hydrogen-bond donors (Lipinski definition) is 3. The lowest BCUT2D eigenvalue weighted by atomic mass is 9.77. The van der Waals surface area contributed by atoms with Gasteiger partial charge in [-0.3, -0.25) is 14.7 Å². The Morgan fingerprint density at radius 1 is 1.22 bits per heavy atom. The van der Waals surface area contributed by atoms with E-state index in [4.69, 9.17) is 10.8 Å². The quantitative estimate of drug-likeness (QED) is 0.657. The molecule has 1 aromatic carbocycles. The molecule has 4 N–H and O–H groups in total. The second-order valence-electron chi connectivity index (χ2n) is 7.31. The maximum Gasteiger partial charge on any atom is 0.303 e. The van der Waals surface area contributed by atoms with Gasteiger partial charge in [-0.05, 0) is 48.6 Å². The third-order valence-corrected chi connectivity index (χ3v) is 5.56. The summed E-state index contributed by atoms with van der Waals surface area (Å²) in [6.07, 6.45) is 5.95. The van der Waals surface area contributed by atoms with Gasteiger partial charge in [-0.15, -0.1) is 0 Å². The van der Waals surface area contributed by atoms with Gasteiger partial charge in [0.25, 0.3) is 5.56 Å². The van der Waals surface area contributed by atoms with Crippen molar-refractivity contribution < 1.29 is 9.90 Å². The second-order valence-corrected chi connectivity index (χ2v) is 7.31. The standard InChI is InChI=1S/C20H22N4O3/c21-20-16(11-22-17-10-18(25)23-24(17)20)15-7-5-14(6-8-15)13-3-1-12(2-4-13)9-19(26)27/h5-8,10-13H,1-4,9,21H2,(H,23,25)(H,26,27). The van der Waals surface area contributed by atoms with E-state index in [-0.39, 0.29) is 12.0 Å². The molecule has 3 aromatic rings. The van der Waals surface area contributed by atoms with E-state index < -0.39 is 5.97 Å². The Bertz CT molecular complexity index is 1030. The van der Waals surface area contributed by atoms with Gasteiger partial charge >= 0.3 is 5.97 Å². The van der Waals surface area contributed by atoms with E-state index in [1.54, 1.807) is 6.20 Å². The predicted molar refractivity (Wildman–Crippen MR) is 103 cm³/mol. The van der Waals surface area contributed by atoms with Crippen LogP contribution in [0, 0.1) is 5.92 Å². The summed E-state index contributed by atoms with van der Waals surface area (Å²) in [5, 5.41) is 11.6. The summed E-state index contributed by atoms with van der Waals surface area (Å²) in [5.74, 6) is 0.529. The van der Waals surface area contributed by atoms with Crippen LogP contribution in [0.1, 0.15) is 43.6 Å². The van der Waals surface area contributed by atoms with Crippen molar-refractivity contribution in [2.75, 3.05) is 5.73 Å². The summed E-state index contributed by atoms with van der Waals surface area (Å²) in [4.78, 5) is 26.6. The monoisotopic (exact) mass is 366 g/mol. The number of aliphatic carboxylic acids is 1. The highest BCUT2D eigenvalue weighted by Crippen LogP contribution is 2.37. The number of hydrogen-bond acceptors (Lipinski definition) is 4. The highest BCUT2D eigenvalue weighted by molar-refractivity contribution is 5.75. The molecule has 7 nitrogen and oxygen atoms in total. The van der Waals surface area contributed by atoms with Crippen LogP contribution in [-0.4, -0.2) is 25.7 Å². The van der Waals surface area contributed by atoms with Crippen LogP contribution >= 0.6 is 0 Å². The third kappa shape index (κ3) is 3.45. The second kappa shape index (κ2) is 6.90.